The smallest absolute Gasteiger partial charge is 0.271 e. The summed E-state index contributed by atoms with van der Waals surface area (Å²) in [6, 6.07) is 3.65. The Bertz CT molecular complexity index is 546. The predicted octanol–water partition coefficient (Wildman–Crippen LogP) is 1.29. The van der Waals surface area contributed by atoms with E-state index >= 15 is 0 Å². The highest BCUT2D eigenvalue weighted by Crippen LogP contribution is 2.20. The molecule has 0 spiro atoms. The van der Waals surface area contributed by atoms with Crippen LogP contribution in [0.2, 0.25) is 5.02 Å². The first-order chi connectivity index (χ1) is 9.60. The van der Waals surface area contributed by atoms with Gasteiger partial charge in [0.1, 0.15) is 0 Å². The summed E-state index contributed by atoms with van der Waals surface area (Å²) >= 11 is 5.76. The van der Waals surface area contributed by atoms with Crippen LogP contribution < -0.4 is 5.32 Å². The van der Waals surface area contributed by atoms with E-state index in [0.29, 0.717) is 6.54 Å². The second kappa shape index (κ2) is 6.84. The van der Waals surface area contributed by atoms with Crippen LogP contribution in [0.4, 0.5) is 5.69 Å². The molecule has 0 aliphatic rings. The Morgan fingerprint density at radius 2 is 2.10 bits per heavy atom. The highest BCUT2D eigenvalue weighted by atomic mass is 35.5. The summed E-state index contributed by atoms with van der Waals surface area (Å²) in [5.41, 5.74) is -1.29. The summed E-state index contributed by atoms with van der Waals surface area (Å²) in [6.45, 7) is 1.97. The van der Waals surface area contributed by atoms with Crippen molar-refractivity contribution in [3.63, 3.8) is 0 Å². The maximum atomic E-state index is 12.0. The van der Waals surface area contributed by atoms with Gasteiger partial charge in [-0.3, -0.25) is 14.9 Å². The molecule has 0 heterocycles. The Morgan fingerprint density at radius 3 is 2.62 bits per heavy atom. The van der Waals surface area contributed by atoms with Crippen LogP contribution in [-0.2, 0) is 0 Å². The first kappa shape index (κ1) is 17.4. The summed E-state index contributed by atoms with van der Waals surface area (Å²) in [5.74, 6) is -0.528. The minimum absolute atomic E-state index is 0.0182. The number of hydrogen-bond donors (Lipinski definition) is 2. The fraction of sp³-hybridized carbons (Fsp3) is 0.462. The van der Waals surface area contributed by atoms with E-state index in [1.54, 1.807) is 25.9 Å². The van der Waals surface area contributed by atoms with Crippen molar-refractivity contribution in [2.24, 2.45) is 0 Å². The number of nitrogens with one attached hydrogen (secondary N) is 1. The molecule has 0 saturated carbocycles. The van der Waals surface area contributed by atoms with Gasteiger partial charge in [0, 0.05) is 35.8 Å². The molecule has 1 aromatic rings. The molecule has 0 aromatic heterocycles. The van der Waals surface area contributed by atoms with E-state index in [2.05, 4.69) is 5.32 Å². The van der Waals surface area contributed by atoms with Gasteiger partial charge in [-0.05, 0) is 27.1 Å². The van der Waals surface area contributed by atoms with Gasteiger partial charge in [-0.25, -0.2) is 0 Å². The third-order valence-electron chi connectivity index (χ3n) is 2.64. The Morgan fingerprint density at radius 1 is 1.48 bits per heavy atom. The maximum Gasteiger partial charge on any atom is 0.271 e. The van der Waals surface area contributed by atoms with E-state index in [4.69, 9.17) is 11.6 Å². The van der Waals surface area contributed by atoms with Crippen molar-refractivity contribution >= 4 is 23.2 Å². The van der Waals surface area contributed by atoms with E-state index in [9.17, 15) is 20.0 Å². The number of benzene rings is 1. The molecule has 0 aliphatic heterocycles. The van der Waals surface area contributed by atoms with Crippen LogP contribution in [0.25, 0.3) is 0 Å². The molecule has 0 aliphatic carbocycles. The molecule has 0 radical (unpaired) electrons. The number of amides is 1. The van der Waals surface area contributed by atoms with Crippen LogP contribution in [0.3, 0.4) is 0 Å². The van der Waals surface area contributed by atoms with Gasteiger partial charge in [0.15, 0.2) is 0 Å². The zero-order valence-electron chi connectivity index (χ0n) is 12.1. The molecule has 1 unspecified atom stereocenters. The van der Waals surface area contributed by atoms with E-state index < -0.39 is 16.4 Å². The average Bonchev–Trinajstić information content (AvgIpc) is 2.33. The van der Waals surface area contributed by atoms with Gasteiger partial charge in [0.25, 0.3) is 11.6 Å². The fourth-order valence-corrected chi connectivity index (χ4v) is 2.15. The zero-order valence-corrected chi connectivity index (χ0v) is 12.8. The minimum Gasteiger partial charge on any atom is -0.387 e. The highest BCUT2D eigenvalue weighted by Gasteiger charge is 2.23. The molecule has 21 heavy (non-hydrogen) atoms. The summed E-state index contributed by atoms with van der Waals surface area (Å²) in [5, 5.41) is 23.5. The summed E-state index contributed by atoms with van der Waals surface area (Å²) < 4.78 is 0. The fourth-order valence-electron chi connectivity index (χ4n) is 1.92. The third-order valence-corrected chi connectivity index (χ3v) is 2.86. The highest BCUT2D eigenvalue weighted by molar-refractivity contribution is 6.31. The van der Waals surface area contributed by atoms with E-state index in [1.165, 1.54) is 12.1 Å². The van der Waals surface area contributed by atoms with Crippen LogP contribution in [0, 0.1) is 10.1 Å². The second-order valence-electron chi connectivity index (χ2n) is 5.37. The number of rotatable bonds is 6. The Labute approximate surface area is 127 Å². The lowest BCUT2D eigenvalue weighted by Crippen LogP contribution is -2.47. The largest absolute Gasteiger partial charge is 0.387 e. The standard InChI is InChI=1S/C13H18ClN3O4/c1-13(19,8-16(2)3)7-15-12(18)9-4-10(14)6-11(5-9)17(20)21/h4-6,19H,7-8H2,1-3H3,(H,15,18). The lowest BCUT2D eigenvalue weighted by Gasteiger charge is -2.27. The molecular formula is C13H18ClN3O4. The van der Waals surface area contributed by atoms with Gasteiger partial charge < -0.3 is 15.3 Å². The number of likely N-dealkylation sites (N-methyl/N-ethyl adjacent to an activating group) is 1. The van der Waals surface area contributed by atoms with Crippen LogP contribution in [0.1, 0.15) is 17.3 Å². The number of carbonyl (C=O) groups is 1. The van der Waals surface area contributed by atoms with Crippen molar-refractivity contribution in [1.29, 1.82) is 0 Å². The Balaban J connectivity index is 2.79. The molecule has 1 rings (SSSR count). The molecule has 7 nitrogen and oxygen atoms in total. The number of nitro groups is 1. The van der Waals surface area contributed by atoms with E-state index in [1.807, 2.05) is 0 Å². The van der Waals surface area contributed by atoms with Gasteiger partial charge in [-0.1, -0.05) is 11.6 Å². The van der Waals surface area contributed by atoms with Crippen molar-refractivity contribution in [3.8, 4) is 0 Å². The van der Waals surface area contributed by atoms with Gasteiger partial charge in [-0.2, -0.15) is 0 Å². The zero-order chi connectivity index (χ0) is 16.2. The van der Waals surface area contributed by atoms with Crippen LogP contribution in [0.5, 0.6) is 0 Å². The molecule has 116 valence electrons. The number of hydrogen-bond acceptors (Lipinski definition) is 5. The normalized spacial score (nSPS) is 13.8. The molecule has 1 atom stereocenters. The Kier molecular flexibility index (Phi) is 5.65. The summed E-state index contributed by atoms with van der Waals surface area (Å²) in [7, 11) is 3.60. The van der Waals surface area contributed by atoms with Crippen molar-refractivity contribution in [2.45, 2.75) is 12.5 Å². The first-order valence-electron chi connectivity index (χ1n) is 6.21. The van der Waals surface area contributed by atoms with E-state index in [0.717, 1.165) is 6.07 Å². The monoisotopic (exact) mass is 315 g/mol. The first-order valence-corrected chi connectivity index (χ1v) is 6.59. The van der Waals surface area contributed by atoms with Crippen LogP contribution >= 0.6 is 11.6 Å². The van der Waals surface area contributed by atoms with Gasteiger partial charge in [0.2, 0.25) is 0 Å². The molecule has 1 aromatic carbocycles. The van der Waals surface area contributed by atoms with Crippen molar-refractivity contribution < 1.29 is 14.8 Å². The van der Waals surface area contributed by atoms with Crippen molar-refractivity contribution in [2.75, 3.05) is 27.2 Å². The average molecular weight is 316 g/mol. The number of nitrogens with zero attached hydrogens (tertiary/aromatic N) is 2. The summed E-state index contributed by atoms with van der Waals surface area (Å²) in [6.07, 6.45) is 0. The van der Waals surface area contributed by atoms with Crippen LogP contribution in [-0.4, -0.2) is 53.6 Å². The van der Waals surface area contributed by atoms with Crippen LogP contribution in [0.15, 0.2) is 18.2 Å². The van der Waals surface area contributed by atoms with Gasteiger partial charge in [-0.15, -0.1) is 0 Å². The number of halogens is 1. The quantitative estimate of drug-likeness (QED) is 0.609. The van der Waals surface area contributed by atoms with Crippen molar-refractivity contribution in [3.05, 3.63) is 38.9 Å². The second-order valence-corrected chi connectivity index (χ2v) is 5.81. The number of aliphatic hydroxyl groups is 1. The molecule has 1 amide bonds. The molecular weight excluding hydrogens is 298 g/mol. The predicted molar refractivity (Wildman–Crippen MR) is 79.6 cm³/mol. The number of carbonyl (C=O) groups excluding carboxylic acids is 1. The SMILES string of the molecule is CN(C)CC(C)(O)CNC(=O)c1cc(Cl)cc([N+](=O)[O-])c1. The lowest BCUT2D eigenvalue weighted by atomic mass is 10.1. The molecule has 8 heteroatoms. The molecule has 0 bridgehead atoms. The number of nitro benzene ring substituents is 1. The van der Waals surface area contributed by atoms with E-state index in [-0.39, 0.29) is 22.8 Å². The minimum atomic E-state index is -1.11. The molecule has 2 N–H and O–H groups in total. The van der Waals surface area contributed by atoms with Gasteiger partial charge >= 0.3 is 0 Å². The maximum absolute atomic E-state index is 12.0. The van der Waals surface area contributed by atoms with Crippen molar-refractivity contribution in [1.82, 2.24) is 10.2 Å². The lowest BCUT2D eigenvalue weighted by molar-refractivity contribution is -0.384. The molecule has 0 fully saturated rings. The summed E-state index contributed by atoms with van der Waals surface area (Å²) in [4.78, 5) is 23.9. The topological polar surface area (TPSA) is 95.7 Å². The third kappa shape index (κ3) is 5.66. The van der Waals surface area contributed by atoms with Gasteiger partial charge in [0.05, 0.1) is 10.5 Å². The number of non-ortho nitro benzene ring substituents is 1. The molecule has 0 saturated heterocycles. The Hall–Kier alpha value is -1.70.